The number of aromatic nitrogens is 2. The lowest BCUT2D eigenvalue weighted by Crippen LogP contribution is -2.23. The first-order chi connectivity index (χ1) is 8.72. The van der Waals surface area contributed by atoms with Crippen molar-refractivity contribution in [2.75, 3.05) is 7.11 Å². The molecule has 1 heterocycles. The van der Waals surface area contributed by atoms with Gasteiger partial charge in [0.25, 0.3) is 0 Å². The van der Waals surface area contributed by atoms with Crippen LogP contribution in [-0.2, 0) is 0 Å². The lowest BCUT2D eigenvalue weighted by molar-refractivity contribution is 0.396. The summed E-state index contributed by atoms with van der Waals surface area (Å²) in [4.78, 5) is 0. The van der Waals surface area contributed by atoms with E-state index in [2.05, 4.69) is 35.4 Å². The van der Waals surface area contributed by atoms with Gasteiger partial charge in [0.05, 0.1) is 12.8 Å². The van der Waals surface area contributed by atoms with Crippen molar-refractivity contribution in [2.45, 2.75) is 25.9 Å². The first-order valence-corrected chi connectivity index (χ1v) is 6.10. The standard InChI is InChI=1S/C14H19N3O/c1-10(12-6-4-5-7-14(12)18-3)16-11(2)13-8-9-15-17-13/h4-11,16H,1-3H3,(H,15,17)/t10-,11?/m1/s1. The Balaban J connectivity index is 2.09. The second kappa shape index (κ2) is 5.69. The molecule has 0 fully saturated rings. The molecule has 2 N–H and O–H groups in total. The highest BCUT2D eigenvalue weighted by molar-refractivity contribution is 5.35. The third kappa shape index (κ3) is 2.71. The summed E-state index contributed by atoms with van der Waals surface area (Å²) in [7, 11) is 1.70. The number of para-hydroxylation sites is 1. The number of hydrogen-bond donors (Lipinski definition) is 2. The molecular formula is C14H19N3O. The van der Waals surface area contributed by atoms with Crippen molar-refractivity contribution in [1.82, 2.24) is 15.5 Å². The smallest absolute Gasteiger partial charge is 0.123 e. The summed E-state index contributed by atoms with van der Waals surface area (Å²) in [6.45, 7) is 4.24. The van der Waals surface area contributed by atoms with E-state index in [1.54, 1.807) is 13.3 Å². The van der Waals surface area contributed by atoms with Crippen LogP contribution in [0.4, 0.5) is 0 Å². The topological polar surface area (TPSA) is 49.9 Å². The molecule has 2 aromatic rings. The van der Waals surface area contributed by atoms with E-state index < -0.39 is 0 Å². The maximum Gasteiger partial charge on any atom is 0.123 e. The number of aromatic amines is 1. The molecule has 1 unspecified atom stereocenters. The Morgan fingerprint density at radius 1 is 1.17 bits per heavy atom. The molecule has 0 aliphatic rings. The van der Waals surface area contributed by atoms with E-state index >= 15 is 0 Å². The molecule has 4 nitrogen and oxygen atoms in total. The van der Waals surface area contributed by atoms with E-state index in [0.717, 1.165) is 17.0 Å². The van der Waals surface area contributed by atoms with Crippen LogP contribution in [-0.4, -0.2) is 17.3 Å². The highest BCUT2D eigenvalue weighted by Gasteiger charge is 2.14. The van der Waals surface area contributed by atoms with Crippen molar-refractivity contribution in [3.63, 3.8) is 0 Å². The largest absolute Gasteiger partial charge is 0.496 e. The molecule has 1 aromatic carbocycles. The van der Waals surface area contributed by atoms with Gasteiger partial charge in [-0.3, -0.25) is 5.10 Å². The van der Waals surface area contributed by atoms with Gasteiger partial charge < -0.3 is 10.1 Å². The number of methoxy groups -OCH3 is 1. The Labute approximate surface area is 107 Å². The molecule has 0 radical (unpaired) electrons. The second-order valence-electron chi connectivity index (χ2n) is 4.36. The van der Waals surface area contributed by atoms with Crippen LogP contribution in [0.15, 0.2) is 36.5 Å². The fraction of sp³-hybridized carbons (Fsp3) is 0.357. The quantitative estimate of drug-likeness (QED) is 0.851. The Bertz CT molecular complexity index is 482. The van der Waals surface area contributed by atoms with Crippen LogP contribution < -0.4 is 10.1 Å². The van der Waals surface area contributed by atoms with Crippen LogP contribution in [0.5, 0.6) is 5.75 Å². The molecule has 0 aliphatic heterocycles. The van der Waals surface area contributed by atoms with Crippen LogP contribution in [0.2, 0.25) is 0 Å². The van der Waals surface area contributed by atoms with Crippen LogP contribution in [0.3, 0.4) is 0 Å². The zero-order valence-electron chi connectivity index (χ0n) is 11.0. The molecule has 96 valence electrons. The van der Waals surface area contributed by atoms with Gasteiger partial charge >= 0.3 is 0 Å². The Hall–Kier alpha value is -1.81. The normalized spacial score (nSPS) is 14.2. The van der Waals surface area contributed by atoms with Crippen molar-refractivity contribution >= 4 is 0 Å². The monoisotopic (exact) mass is 245 g/mol. The summed E-state index contributed by atoms with van der Waals surface area (Å²) in [5.41, 5.74) is 2.24. The van der Waals surface area contributed by atoms with Gasteiger partial charge in [-0.05, 0) is 26.0 Å². The molecule has 0 aliphatic carbocycles. The molecule has 1 aromatic heterocycles. The fourth-order valence-electron chi connectivity index (χ4n) is 2.09. The van der Waals surface area contributed by atoms with Crippen LogP contribution in [0, 0.1) is 0 Å². The summed E-state index contributed by atoms with van der Waals surface area (Å²) in [6, 6.07) is 10.5. The van der Waals surface area contributed by atoms with Crippen LogP contribution in [0.25, 0.3) is 0 Å². The Kier molecular flexibility index (Phi) is 3.99. The maximum atomic E-state index is 5.38. The van der Waals surface area contributed by atoms with Gasteiger partial charge in [-0.1, -0.05) is 18.2 Å². The second-order valence-corrected chi connectivity index (χ2v) is 4.36. The molecule has 0 saturated heterocycles. The van der Waals surface area contributed by atoms with Gasteiger partial charge in [0.2, 0.25) is 0 Å². The zero-order chi connectivity index (χ0) is 13.0. The van der Waals surface area contributed by atoms with E-state index in [0.29, 0.717) is 0 Å². The number of nitrogens with zero attached hydrogens (tertiary/aromatic N) is 1. The van der Waals surface area contributed by atoms with E-state index in [-0.39, 0.29) is 12.1 Å². The highest BCUT2D eigenvalue weighted by Crippen LogP contribution is 2.26. The van der Waals surface area contributed by atoms with E-state index in [1.807, 2.05) is 24.3 Å². The van der Waals surface area contributed by atoms with Crippen molar-refractivity contribution in [3.8, 4) is 5.75 Å². The number of H-pyrrole nitrogens is 1. The van der Waals surface area contributed by atoms with Crippen molar-refractivity contribution < 1.29 is 4.74 Å². The molecule has 0 amide bonds. The molecule has 0 saturated carbocycles. The minimum atomic E-state index is 0.208. The number of benzene rings is 1. The van der Waals surface area contributed by atoms with Crippen LogP contribution >= 0.6 is 0 Å². The molecule has 0 spiro atoms. The average Bonchev–Trinajstić information content (AvgIpc) is 2.92. The SMILES string of the molecule is COc1ccccc1[C@@H](C)NC(C)c1ccn[nH]1. The summed E-state index contributed by atoms with van der Waals surface area (Å²) >= 11 is 0. The minimum Gasteiger partial charge on any atom is -0.496 e. The maximum absolute atomic E-state index is 5.38. The van der Waals surface area contributed by atoms with Crippen molar-refractivity contribution in [3.05, 3.63) is 47.8 Å². The van der Waals surface area contributed by atoms with Crippen molar-refractivity contribution in [2.24, 2.45) is 0 Å². The minimum absolute atomic E-state index is 0.208. The zero-order valence-corrected chi connectivity index (χ0v) is 11.0. The van der Waals surface area contributed by atoms with Gasteiger partial charge in [-0.2, -0.15) is 5.10 Å². The molecule has 2 atom stereocenters. The fourth-order valence-corrected chi connectivity index (χ4v) is 2.09. The Morgan fingerprint density at radius 3 is 2.61 bits per heavy atom. The first-order valence-electron chi connectivity index (χ1n) is 6.10. The molecule has 2 rings (SSSR count). The van der Waals surface area contributed by atoms with E-state index in [9.17, 15) is 0 Å². The lowest BCUT2D eigenvalue weighted by Gasteiger charge is -2.21. The van der Waals surface area contributed by atoms with E-state index in [4.69, 9.17) is 4.74 Å². The summed E-state index contributed by atoms with van der Waals surface area (Å²) in [6.07, 6.45) is 1.77. The molecule has 0 bridgehead atoms. The van der Waals surface area contributed by atoms with Gasteiger partial charge in [0.1, 0.15) is 5.75 Å². The summed E-state index contributed by atoms with van der Waals surface area (Å²) < 4.78 is 5.38. The predicted octanol–water partition coefficient (Wildman–Crippen LogP) is 2.83. The number of nitrogens with one attached hydrogen (secondary N) is 2. The molecular weight excluding hydrogens is 226 g/mol. The van der Waals surface area contributed by atoms with Gasteiger partial charge in [-0.25, -0.2) is 0 Å². The predicted molar refractivity (Wildman–Crippen MR) is 71.5 cm³/mol. The van der Waals surface area contributed by atoms with Gasteiger partial charge in [-0.15, -0.1) is 0 Å². The molecule has 18 heavy (non-hydrogen) atoms. The third-order valence-electron chi connectivity index (χ3n) is 3.09. The lowest BCUT2D eigenvalue weighted by atomic mass is 10.1. The van der Waals surface area contributed by atoms with E-state index in [1.165, 1.54) is 0 Å². The molecule has 4 heteroatoms. The number of rotatable bonds is 5. The number of ether oxygens (including phenoxy) is 1. The number of hydrogen-bond acceptors (Lipinski definition) is 3. The van der Waals surface area contributed by atoms with Gasteiger partial charge in [0, 0.05) is 23.8 Å². The van der Waals surface area contributed by atoms with Crippen molar-refractivity contribution in [1.29, 1.82) is 0 Å². The first kappa shape index (κ1) is 12.6. The Morgan fingerprint density at radius 2 is 1.94 bits per heavy atom. The summed E-state index contributed by atoms with van der Waals surface area (Å²) in [5.74, 6) is 0.911. The third-order valence-corrected chi connectivity index (χ3v) is 3.09. The summed E-state index contributed by atoms with van der Waals surface area (Å²) in [5, 5.41) is 10.5. The highest BCUT2D eigenvalue weighted by atomic mass is 16.5. The van der Waals surface area contributed by atoms with Gasteiger partial charge in [0.15, 0.2) is 0 Å². The average molecular weight is 245 g/mol. The van der Waals surface area contributed by atoms with Crippen LogP contribution in [0.1, 0.15) is 37.2 Å².